The number of aromatic amines is 1. The van der Waals surface area contributed by atoms with E-state index in [1.54, 1.807) is 10.9 Å². The van der Waals surface area contributed by atoms with Crippen molar-refractivity contribution in [3.63, 3.8) is 0 Å². The number of H-pyrrole nitrogens is 1. The fraction of sp³-hybridized carbons (Fsp3) is 0.500. The monoisotopic (exact) mass is 434 g/mol. The van der Waals surface area contributed by atoms with Gasteiger partial charge in [-0.05, 0) is 55.7 Å². The van der Waals surface area contributed by atoms with Gasteiger partial charge < -0.3 is 9.80 Å². The number of piperidine rings is 1. The lowest BCUT2D eigenvalue weighted by molar-refractivity contribution is 0.0617. The minimum Gasteiger partial charge on any atom is -0.338 e. The highest BCUT2D eigenvalue weighted by molar-refractivity contribution is 5.97. The molecular weight excluding hydrogens is 404 g/mol. The molecule has 2 unspecified atom stereocenters. The van der Waals surface area contributed by atoms with Gasteiger partial charge in [0.1, 0.15) is 0 Å². The Labute approximate surface area is 187 Å². The molecule has 32 heavy (non-hydrogen) atoms. The van der Waals surface area contributed by atoms with E-state index in [4.69, 9.17) is 0 Å². The van der Waals surface area contributed by atoms with E-state index >= 15 is 0 Å². The first kappa shape index (κ1) is 20.7. The van der Waals surface area contributed by atoms with E-state index < -0.39 is 0 Å². The van der Waals surface area contributed by atoms with Crippen molar-refractivity contribution in [1.82, 2.24) is 29.8 Å². The predicted molar refractivity (Wildman–Crippen MR) is 121 cm³/mol. The van der Waals surface area contributed by atoms with Crippen LogP contribution in [0.15, 0.2) is 30.5 Å². The van der Waals surface area contributed by atoms with Gasteiger partial charge in [0.15, 0.2) is 5.69 Å². The number of benzene rings is 1. The first-order chi connectivity index (χ1) is 15.5. The summed E-state index contributed by atoms with van der Waals surface area (Å²) in [7, 11) is 1.89. The van der Waals surface area contributed by atoms with Crippen molar-refractivity contribution in [2.24, 2.45) is 18.9 Å². The van der Waals surface area contributed by atoms with Crippen LogP contribution >= 0.6 is 0 Å². The van der Waals surface area contributed by atoms with Gasteiger partial charge in [0.2, 0.25) is 0 Å². The molecule has 2 aliphatic heterocycles. The van der Waals surface area contributed by atoms with Crippen LogP contribution in [0.1, 0.15) is 52.7 Å². The molecule has 2 aliphatic rings. The minimum absolute atomic E-state index is 0.0272. The Kier molecular flexibility index (Phi) is 5.45. The Hall–Kier alpha value is -3.16. The zero-order valence-electron chi connectivity index (χ0n) is 18.8. The number of carbonyl (C=O) groups is 2. The van der Waals surface area contributed by atoms with Crippen LogP contribution < -0.4 is 0 Å². The molecule has 1 N–H and O–H groups in total. The molecular formula is C24H30N6O2. The molecule has 0 spiro atoms. The molecule has 2 aromatic heterocycles. The lowest BCUT2D eigenvalue weighted by Gasteiger charge is -2.35. The molecule has 2 amide bonds. The highest BCUT2D eigenvalue weighted by Crippen LogP contribution is 2.32. The first-order valence-corrected chi connectivity index (χ1v) is 11.6. The van der Waals surface area contributed by atoms with Crippen LogP contribution in [0.2, 0.25) is 0 Å². The van der Waals surface area contributed by atoms with Gasteiger partial charge in [0.05, 0.1) is 11.7 Å². The van der Waals surface area contributed by atoms with E-state index in [9.17, 15) is 9.59 Å². The molecule has 0 bridgehead atoms. The molecule has 3 aromatic rings. The van der Waals surface area contributed by atoms with Crippen molar-refractivity contribution in [1.29, 1.82) is 0 Å². The van der Waals surface area contributed by atoms with Crippen molar-refractivity contribution < 1.29 is 9.59 Å². The number of nitrogens with zero attached hydrogens (tertiary/aromatic N) is 5. The number of fused-ring (bicyclic) bond motifs is 1. The van der Waals surface area contributed by atoms with E-state index in [-0.39, 0.29) is 11.8 Å². The quantitative estimate of drug-likeness (QED) is 0.684. The average Bonchev–Trinajstić information content (AvgIpc) is 3.57. The minimum atomic E-state index is 0.0272. The molecule has 8 heteroatoms. The largest absolute Gasteiger partial charge is 0.338 e. The summed E-state index contributed by atoms with van der Waals surface area (Å²) in [5.41, 5.74) is 3.20. The summed E-state index contributed by atoms with van der Waals surface area (Å²) in [6.45, 7) is 5.14. The predicted octanol–water partition coefficient (Wildman–Crippen LogP) is 2.87. The van der Waals surface area contributed by atoms with Crippen LogP contribution in [-0.2, 0) is 13.5 Å². The number of likely N-dealkylation sites (tertiary alicyclic amines) is 2. The van der Waals surface area contributed by atoms with Gasteiger partial charge in [-0.25, -0.2) is 0 Å². The third-order valence-corrected chi connectivity index (χ3v) is 7.17. The Balaban J connectivity index is 1.23. The van der Waals surface area contributed by atoms with Gasteiger partial charge in [-0.1, -0.05) is 13.0 Å². The van der Waals surface area contributed by atoms with E-state index in [2.05, 4.69) is 22.2 Å². The lowest BCUT2D eigenvalue weighted by atomic mass is 9.84. The molecule has 5 rings (SSSR count). The number of hydrogen-bond donors (Lipinski definition) is 1. The summed E-state index contributed by atoms with van der Waals surface area (Å²) < 4.78 is 1.80. The third kappa shape index (κ3) is 3.78. The second-order valence-corrected chi connectivity index (χ2v) is 9.12. The summed E-state index contributed by atoms with van der Waals surface area (Å²) in [5.74, 6) is 0.965. The maximum absolute atomic E-state index is 13.2. The number of rotatable bonds is 4. The molecule has 0 radical (unpaired) electrons. The van der Waals surface area contributed by atoms with Gasteiger partial charge in [-0.3, -0.25) is 19.4 Å². The van der Waals surface area contributed by atoms with Gasteiger partial charge in [0.25, 0.3) is 11.8 Å². The zero-order valence-corrected chi connectivity index (χ0v) is 18.8. The molecule has 0 saturated carbocycles. The standard InChI is InChI=1S/C24H30N6O2/c1-3-20-12-22(27-28(20)2)24(32)30-10-8-19(15-30)18-5-4-9-29(14-18)23(31)16-6-7-17-13-25-26-21(17)11-16/h6-7,11-13,18-19H,3-5,8-10,14-15H2,1-2H3,(H,25,26). The van der Waals surface area contributed by atoms with E-state index in [1.165, 1.54) is 0 Å². The Morgan fingerprint density at radius 1 is 1.06 bits per heavy atom. The van der Waals surface area contributed by atoms with Crippen LogP contribution in [0.3, 0.4) is 0 Å². The first-order valence-electron chi connectivity index (χ1n) is 11.6. The third-order valence-electron chi connectivity index (χ3n) is 7.17. The number of aromatic nitrogens is 4. The molecule has 4 heterocycles. The van der Waals surface area contributed by atoms with Crippen molar-refractivity contribution in [2.75, 3.05) is 26.2 Å². The number of aryl methyl sites for hydroxylation is 2. The summed E-state index contributed by atoms with van der Waals surface area (Å²) in [6.07, 6.45) is 5.74. The Morgan fingerprint density at radius 2 is 1.84 bits per heavy atom. The van der Waals surface area contributed by atoms with Crippen LogP contribution in [0, 0.1) is 11.8 Å². The van der Waals surface area contributed by atoms with Crippen molar-refractivity contribution in [2.45, 2.75) is 32.6 Å². The summed E-state index contributed by atoms with van der Waals surface area (Å²) in [4.78, 5) is 30.1. The molecule has 8 nitrogen and oxygen atoms in total. The van der Waals surface area contributed by atoms with Crippen molar-refractivity contribution in [3.05, 3.63) is 47.4 Å². The SMILES string of the molecule is CCc1cc(C(=O)N2CCC(C3CCCN(C(=O)c4ccc5cn[nH]c5c4)C3)C2)nn1C. The fourth-order valence-electron chi connectivity index (χ4n) is 5.29. The summed E-state index contributed by atoms with van der Waals surface area (Å²) in [5, 5.41) is 12.4. The topological polar surface area (TPSA) is 87.1 Å². The lowest BCUT2D eigenvalue weighted by Crippen LogP contribution is -2.42. The molecule has 0 aliphatic carbocycles. The maximum atomic E-state index is 13.2. The van der Waals surface area contributed by atoms with Gasteiger partial charge >= 0.3 is 0 Å². The molecule has 2 atom stereocenters. The van der Waals surface area contributed by atoms with Crippen LogP contribution in [-0.4, -0.2) is 67.8 Å². The average molecular weight is 435 g/mol. The van der Waals surface area contributed by atoms with Crippen molar-refractivity contribution >= 4 is 22.7 Å². The van der Waals surface area contributed by atoms with E-state index in [0.29, 0.717) is 23.1 Å². The van der Waals surface area contributed by atoms with E-state index in [0.717, 1.165) is 68.5 Å². The smallest absolute Gasteiger partial charge is 0.274 e. The Morgan fingerprint density at radius 3 is 2.62 bits per heavy atom. The maximum Gasteiger partial charge on any atom is 0.274 e. The summed E-state index contributed by atoms with van der Waals surface area (Å²) in [6, 6.07) is 7.63. The normalized spacial score (nSPS) is 21.4. The van der Waals surface area contributed by atoms with Crippen LogP contribution in [0.5, 0.6) is 0 Å². The van der Waals surface area contributed by atoms with E-state index in [1.807, 2.05) is 41.1 Å². The molecule has 1 aromatic carbocycles. The molecule has 2 saturated heterocycles. The second kappa shape index (κ2) is 8.41. The van der Waals surface area contributed by atoms with Crippen molar-refractivity contribution in [3.8, 4) is 0 Å². The second-order valence-electron chi connectivity index (χ2n) is 9.12. The fourth-order valence-corrected chi connectivity index (χ4v) is 5.29. The van der Waals surface area contributed by atoms with Gasteiger partial charge in [-0.2, -0.15) is 10.2 Å². The van der Waals surface area contributed by atoms with Gasteiger partial charge in [-0.15, -0.1) is 0 Å². The zero-order chi connectivity index (χ0) is 22.2. The number of carbonyl (C=O) groups excluding carboxylic acids is 2. The number of hydrogen-bond acceptors (Lipinski definition) is 4. The number of nitrogens with one attached hydrogen (secondary N) is 1. The van der Waals surface area contributed by atoms with Gasteiger partial charge in [0, 0.05) is 49.9 Å². The summed E-state index contributed by atoms with van der Waals surface area (Å²) >= 11 is 0. The van der Waals surface area contributed by atoms with Crippen LogP contribution in [0.4, 0.5) is 0 Å². The number of amides is 2. The highest BCUT2D eigenvalue weighted by atomic mass is 16.2. The Bertz CT molecular complexity index is 1150. The highest BCUT2D eigenvalue weighted by Gasteiger charge is 2.36. The molecule has 2 fully saturated rings. The molecule has 168 valence electrons. The van der Waals surface area contributed by atoms with Crippen LogP contribution in [0.25, 0.3) is 10.9 Å².